The Morgan fingerprint density at radius 1 is 1.31 bits per heavy atom. The van der Waals surface area contributed by atoms with Crippen LogP contribution in [0, 0.1) is 5.41 Å². The molecule has 1 aromatic heterocycles. The Kier molecular flexibility index (Phi) is 7.11. The Morgan fingerprint density at radius 2 is 2.00 bits per heavy atom. The van der Waals surface area contributed by atoms with E-state index < -0.39 is 5.54 Å². The van der Waals surface area contributed by atoms with Crippen LogP contribution in [-0.4, -0.2) is 47.5 Å². The molecule has 1 saturated carbocycles. The maximum absolute atomic E-state index is 13.4. The van der Waals surface area contributed by atoms with Crippen LogP contribution in [0.25, 0.3) is 0 Å². The van der Waals surface area contributed by atoms with E-state index in [2.05, 4.69) is 29.6 Å². The zero-order valence-corrected chi connectivity index (χ0v) is 17.0. The van der Waals surface area contributed by atoms with Gasteiger partial charge in [-0.15, -0.1) is 12.4 Å². The van der Waals surface area contributed by atoms with Gasteiger partial charge < -0.3 is 15.4 Å². The van der Waals surface area contributed by atoms with Crippen molar-refractivity contribution in [3.8, 4) is 0 Å². The van der Waals surface area contributed by atoms with Crippen molar-refractivity contribution in [3.05, 3.63) is 18.5 Å². The van der Waals surface area contributed by atoms with Crippen molar-refractivity contribution in [1.82, 2.24) is 20.4 Å². The van der Waals surface area contributed by atoms with E-state index in [4.69, 9.17) is 4.74 Å². The molecule has 2 N–H and O–H groups in total. The highest BCUT2D eigenvalue weighted by atomic mass is 35.5. The van der Waals surface area contributed by atoms with Gasteiger partial charge >= 0.3 is 0 Å². The zero-order valence-electron chi connectivity index (χ0n) is 16.2. The zero-order chi connectivity index (χ0) is 17.9. The van der Waals surface area contributed by atoms with Gasteiger partial charge in [-0.25, -0.2) is 0 Å². The summed E-state index contributed by atoms with van der Waals surface area (Å²) in [4.78, 5) is 13.4. The van der Waals surface area contributed by atoms with Crippen molar-refractivity contribution >= 4 is 18.3 Å². The van der Waals surface area contributed by atoms with Crippen LogP contribution in [0.15, 0.2) is 18.5 Å². The van der Waals surface area contributed by atoms with Crippen LogP contribution in [0.4, 0.5) is 0 Å². The number of rotatable bonds is 7. The minimum atomic E-state index is -0.571. The maximum Gasteiger partial charge on any atom is 0.248 e. The van der Waals surface area contributed by atoms with Crippen molar-refractivity contribution in [2.24, 2.45) is 5.41 Å². The smallest absolute Gasteiger partial charge is 0.248 e. The fourth-order valence-corrected chi connectivity index (χ4v) is 4.80. The first-order chi connectivity index (χ1) is 12.1. The van der Waals surface area contributed by atoms with Crippen LogP contribution >= 0.6 is 12.4 Å². The van der Waals surface area contributed by atoms with Crippen LogP contribution in [0.2, 0.25) is 0 Å². The van der Waals surface area contributed by atoms with Gasteiger partial charge in [0.05, 0.1) is 6.10 Å². The summed E-state index contributed by atoms with van der Waals surface area (Å²) in [6.07, 6.45) is 8.43. The molecule has 0 radical (unpaired) electrons. The van der Waals surface area contributed by atoms with Gasteiger partial charge in [0.1, 0.15) is 5.54 Å². The molecular weight excluding hydrogens is 352 g/mol. The minimum absolute atomic E-state index is 0. The van der Waals surface area contributed by atoms with E-state index in [0.29, 0.717) is 0 Å². The number of amides is 1. The fourth-order valence-electron chi connectivity index (χ4n) is 4.80. The standard InChI is InChI=1S/C19H32N4O2.ClH/c1-4-18(5-2)15(14-16(18)25-6-3)22-17(24)19(8-11-20-12-9-19)23-13-7-10-21-23;/h7,10,13,15-16,20H,4-6,8-9,11-12,14H2,1-3H3,(H,22,24);1H. The first kappa shape index (κ1) is 21.2. The van der Waals surface area contributed by atoms with Gasteiger partial charge in [-0.05, 0) is 58.2 Å². The number of hydrogen-bond donors (Lipinski definition) is 2. The van der Waals surface area contributed by atoms with E-state index in [1.807, 2.05) is 23.9 Å². The lowest BCUT2D eigenvalue weighted by Gasteiger charge is -2.56. The molecular formula is C19H33ClN4O2. The number of nitrogens with one attached hydrogen (secondary N) is 2. The maximum atomic E-state index is 13.4. The van der Waals surface area contributed by atoms with Crippen LogP contribution in [0.5, 0.6) is 0 Å². The normalized spacial score (nSPS) is 26.4. The molecule has 2 unspecified atom stereocenters. The van der Waals surface area contributed by atoms with Crippen LogP contribution < -0.4 is 10.6 Å². The molecule has 1 aliphatic carbocycles. The molecule has 1 aliphatic heterocycles. The second-order valence-electron chi connectivity index (χ2n) is 7.38. The first-order valence-electron chi connectivity index (χ1n) is 9.76. The van der Waals surface area contributed by atoms with E-state index in [1.54, 1.807) is 6.20 Å². The van der Waals surface area contributed by atoms with Crippen molar-refractivity contribution < 1.29 is 9.53 Å². The predicted molar refractivity (Wildman–Crippen MR) is 105 cm³/mol. The molecule has 2 aliphatic rings. The van der Waals surface area contributed by atoms with Crippen LogP contribution in [0.1, 0.15) is 52.9 Å². The van der Waals surface area contributed by atoms with Gasteiger partial charge in [0, 0.05) is 30.5 Å². The first-order valence-corrected chi connectivity index (χ1v) is 9.76. The lowest BCUT2D eigenvalue weighted by molar-refractivity contribution is -0.154. The van der Waals surface area contributed by atoms with Gasteiger partial charge in [0.25, 0.3) is 0 Å². The number of hydrogen-bond acceptors (Lipinski definition) is 4. The van der Waals surface area contributed by atoms with Gasteiger partial charge in [0.15, 0.2) is 0 Å². The highest BCUT2D eigenvalue weighted by molar-refractivity contribution is 5.85. The van der Waals surface area contributed by atoms with Crippen LogP contribution in [0.3, 0.4) is 0 Å². The minimum Gasteiger partial charge on any atom is -0.378 e. The number of carbonyl (C=O) groups excluding carboxylic acids is 1. The molecule has 1 amide bonds. The average molecular weight is 385 g/mol. The van der Waals surface area contributed by atoms with Crippen molar-refractivity contribution in [3.63, 3.8) is 0 Å². The second kappa shape index (κ2) is 8.72. The largest absolute Gasteiger partial charge is 0.378 e. The average Bonchev–Trinajstić information content (AvgIpc) is 3.17. The number of ether oxygens (including phenoxy) is 1. The Morgan fingerprint density at radius 3 is 2.54 bits per heavy atom. The fraction of sp³-hybridized carbons (Fsp3) is 0.789. The molecule has 2 fully saturated rings. The summed E-state index contributed by atoms with van der Waals surface area (Å²) in [6, 6.07) is 2.09. The third-order valence-corrected chi connectivity index (χ3v) is 6.57. The molecule has 7 heteroatoms. The Labute approximate surface area is 162 Å². The molecule has 0 aromatic carbocycles. The third kappa shape index (κ3) is 3.39. The van der Waals surface area contributed by atoms with Crippen molar-refractivity contribution in [1.29, 1.82) is 0 Å². The summed E-state index contributed by atoms with van der Waals surface area (Å²) < 4.78 is 7.81. The molecule has 2 heterocycles. The van der Waals surface area contributed by atoms with E-state index in [-0.39, 0.29) is 35.9 Å². The van der Waals surface area contributed by atoms with Gasteiger partial charge in [-0.2, -0.15) is 5.10 Å². The lowest BCUT2D eigenvalue weighted by Crippen LogP contribution is -2.67. The molecule has 2 atom stereocenters. The summed E-state index contributed by atoms with van der Waals surface area (Å²) in [6.45, 7) is 8.88. The monoisotopic (exact) mass is 384 g/mol. The predicted octanol–water partition coefficient (Wildman–Crippen LogP) is 2.48. The summed E-state index contributed by atoms with van der Waals surface area (Å²) in [5.41, 5.74) is -0.511. The quantitative estimate of drug-likeness (QED) is 0.757. The molecule has 0 bridgehead atoms. The SMILES string of the molecule is CCOC1CC(NC(=O)C2(n3cccn3)CCNCC2)C1(CC)CC.Cl. The Hall–Kier alpha value is -1.11. The molecule has 26 heavy (non-hydrogen) atoms. The number of aromatic nitrogens is 2. The molecule has 1 aromatic rings. The highest BCUT2D eigenvalue weighted by Crippen LogP contribution is 2.49. The van der Waals surface area contributed by atoms with Crippen molar-refractivity contribution in [2.45, 2.75) is 70.6 Å². The summed E-state index contributed by atoms with van der Waals surface area (Å²) in [5.74, 6) is 0.115. The van der Waals surface area contributed by atoms with E-state index in [0.717, 1.165) is 51.8 Å². The molecule has 3 rings (SSSR count). The topological polar surface area (TPSA) is 68.2 Å². The van der Waals surface area contributed by atoms with Crippen molar-refractivity contribution in [2.75, 3.05) is 19.7 Å². The lowest BCUT2D eigenvalue weighted by atomic mass is 9.58. The molecule has 1 saturated heterocycles. The Balaban J connectivity index is 0.00000243. The molecule has 148 valence electrons. The third-order valence-electron chi connectivity index (χ3n) is 6.57. The van der Waals surface area contributed by atoms with Gasteiger partial charge in [-0.3, -0.25) is 9.48 Å². The number of piperidine rings is 1. The van der Waals surface area contributed by atoms with E-state index >= 15 is 0 Å². The summed E-state index contributed by atoms with van der Waals surface area (Å²) in [7, 11) is 0. The van der Waals surface area contributed by atoms with E-state index in [9.17, 15) is 4.79 Å². The second-order valence-corrected chi connectivity index (χ2v) is 7.38. The van der Waals surface area contributed by atoms with Gasteiger partial charge in [0.2, 0.25) is 5.91 Å². The Bertz CT molecular complexity index is 568. The van der Waals surface area contributed by atoms with Gasteiger partial charge in [-0.1, -0.05) is 13.8 Å². The summed E-state index contributed by atoms with van der Waals surface area (Å²) >= 11 is 0. The number of halogens is 1. The van der Waals surface area contributed by atoms with Crippen LogP contribution in [-0.2, 0) is 15.1 Å². The van der Waals surface area contributed by atoms with E-state index in [1.165, 1.54) is 0 Å². The highest BCUT2D eigenvalue weighted by Gasteiger charge is 2.55. The molecule has 6 nitrogen and oxygen atoms in total. The number of carbonyl (C=O) groups is 1. The number of nitrogens with zero attached hydrogens (tertiary/aromatic N) is 2. The summed E-state index contributed by atoms with van der Waals surface area (Å²) in [5, 5.41) is 11.2. The molecule has 0 spiro atoms.